The molecule has 1 saturated heterocycles. The minimum absolute atomic E-state index is 0.127. The zero-order valence-electron chi connectivity index (χ0n) is 18.2. The van der Waals surface area contributed by atoms with Crippen LogP contribution in [0, 0.1) is 5.82 Å². The molecular weight excluding hydrogens is 463 g/mol. The van der Waals surface area contributed by atoms with Crippen LogP contribution in [0.4, 0.5) is 10.1 Å². The lowest BCUT2D eigenvalue weighted by atomic mass is 10.0. The van der Waals surface area contributed by atoms with Gasteiger partial charge in [-0.1, -0.05) is 36.8 Å². The monoisotopic (exact) mass is 488 g/mol. The second-order valence-electron chi connectivity index (χ2n) is 8.00. The van der Waals surface area contributed by atoms with Crippen LogP contribution in [-0.2, 0) is 16.4 Å². The molecule has 2 aromatic carbocycles. The summed E-state index contributed by atoms with van der Waals surface area (Å²) in [5, 5.41) is 11.6. The number of sulfonamides is 1. The lowest BCUT2D eigenvalue weighted by Gasteiger charge is -2.30. The Bertz CT molecular complexity index is 1210. The highest BCUT2D eigenvalue weighted by Crippen LogP contribution is 2.32. The van der Waals surface area contributed by atoms with Gasteiger partial charge in [-0.2, -0.15) is 4.31 Å². The van der Waals surface area contributed by atoms with Crippen LogP contribution < -0.4 is 5.32 Å². The van der Waals surface area contributed by atoms with Gasteiger partial charge in [0.05, 0.1) is 4.90 Å². The summed E-state index contributed by atoms with van der Waals surface area (Å²) >= 11 is 1.16. The van der Waals surface area contributed by atoms with E-state index in [1.165, 1.54) is 28.6 Å². The van der Waals surface area contributed by atoms with Crippen LogP contribution in [0.2, 0.25) is 0 Å². The van der Waals surface area contributed by atoms with Crippen LogP contribution in [0.3, 0.4) is 0 Å². The van der Waals surface area contributed by atoms with Crippen molar-refractivity contribution >= 4 is 33.0 Å². The molecule has 0 radical (unpaired) electrons. The van der Waals surface area contributed by atoms with Gasteiger partial charge in [0.2, 0.25) is 15.0 Å². The summed E-state index contributed by atoms with van der Waals surface area (Å²) in [6.07, 6.45) is 3.40. The molecule has 0 bridgehead atoms. The topological polar surface area (TPSA) is 92.3 Å². The Morgan fingerprint density at radius 1 is 1.15 bits per heavy atom. The summed E-state index contributed by atoms with van der Waals surface area (Å²) < 4.78 is 40.9. The molecule has 7 nitrogen and oxygen atoms in total. The molecule has 4 rings (SSSR count). The molecular formula is C23H25FN4O3S2. The molecule has 0 aliphatic carbocycles. The van der Waals surface area contributed by atoms with E-state index in [1.807, 2.05) is 12.1 Å². The third-order valence-corrected chi connectivity index (χ3v) is 8.53. The second kappa shape index (κ2) is 10.1. The van der Waals surface area contributed by atoms with E-state index in [4.69, 9.17) is 0 Å². The highest BCUT2D eigenvalue weighted by atomic mass is 32.2. The third-order valence-electron chi connectivity index (χ3n) is 5.57. The Hall–Kier alpha value is -2.69. The molecule has 1 amide bonds. The average Bonchev–Trinajstić information content (AvgIpc) is 3.32. The van der Waals surface area contributed by atoms with Crippen LogP contribution >= 0.6 is 11.3 Å². The molecule has 3 aromatic rings. The van der Waals surface area contributed by atoms with Crippen molar-refractivity contribution in [2.45, 2.75) is 43.4 Å². The first kappa shape index (κ1) is 23.5. The van der Waals surface area contributed by atoms with E-state index in [9.17, 15) is 17.6 Å². The minimum Gasteiger partial charge on any atom is -0.320 e. The predicted molar refractivity (Wildman–Crippen MR) is 125 cm³/mol. The number of anilines is 1. The summed E-state index contributed by atoms with van der Waals surface area (Å²) in [6.45, 7) is 2.84. The molecule has 1 N–H and O–H groups in total. The highest BCUT2D eigenvalue weighted by Gasteiger charge is 2.32. The van der Waals surface area contributed by atoms with Crippen LogP contribution in [0.25, 0.3) is 0 Å². The number of aryl methyl sites for hydroxylation is 1. The Balaban J connectivity index is 1.44. The first-order valence-electron chi connectivity index (χ1n) is 10.9. The van der Waals surface area contributed by atoms with Gasteiger partial charge in [-0.3, -0.25) is 4.79 Å². The molecule has 0 unspecified atom stereocenters. The fourth-order valence-corrected chi connectivity index (χ4v) is 6.23. The third kappa shape index (κ3) is 5.45. The number of halogens is 1. The summed E-state index contributed by atoms with van der Waals surface area (Å²) in [5.41, 5.74) is 1.58. The van der Waals surface area contributed by atoms with Crippen molar-refractivity contribution in [2.75, 3.05) is 18.4 Å². The Morgan fingerprint density at radius 2 is 1.88 bits per heavy atom. The van der Waals surface area contributed by atoms with Crippen LogP contribution in [0.5, 0.6) is 0 Å². The van der Waals surface area contributed by atoms with Gasteiger partial charge >= 0.3 is 0 Å². The molecule has 1 aliphatic heterocycles. The fraction of sp³-hybridized carbons (Fsp3) is 0.348. The Kier molecular flexibility index (Phi) is 7.16. The summed E-state index contributed by atoms with van der Waals surface area (Å²) in [6, 6.07) is 12.5. The van der Waals surface area contributed by atoms with Crippen LogP contribution in [0.15, 0.2) is 53.4 Å². The van der Waals surface area contributed by atoms with E-state index in [2.05, 4.69) is 22.4 Å². The van der Waals surface area contributed by atoms with Gasteiger partial charge in [-0.25, -0.2) is 12.8 Å². The van der Waals surface area contributed by atoms with Crippen molar-refractivity contribution in [1.82, 2.24) is 14.5 Å². The van der Waals surface area contributed by atoms with Gasteiger partial charge in [0.15, 0.2) is 0 Å². The van der Waals surface area contributed by atoms with E-state index in [0.717, 1.165) is 36.2 Å². The highest BCUT2D eigenvalue weighted by molar-refractivity contribution is 7.89. The quantitative estimate of drug-likeness (QED) is 0.530. The zero-order chi connectivity index (χ0) is 23.4. The molecule has 0 spiro atoms. The van der Waals surface area contributed by atoms with E-state index < -0.39 is 15.9 Å². The fourth-order valence-electron chi connectivity index (χ4n) is 3.84. The van der Waals surface area contributed by atoms with E-state index in [0.29, 0.717) is 35.1 Å². The molecule has 2 heterocycles. The second-order valence-corrected chi connectivity index (χ2v) is 10.9. The molecule has 1 fully saturated rings. The molecule has 1 aromatic heterocycles. The molecule has 1 aliphatic rings. The molecule has 33 heavy (non-hydrogen) atoms. The number of nitrogens with one attached hydrogen (secondary N) is 1. The maximum Gasteiger partial charge on any atom is 0.286 e. The van der Waals surface area contributed by atoms with Crippen molar-refractivity contribution in [3.63, 3.8) is 0 Å². The normalized spacial score (nSPS) is 17.1. The van der Waals surface area contributed by atoms with E-state index >= 15 is 0 Å². The standard InChI is InChI=1S/C23H25FN4O3S2/c1-2-4-16-6-12-20(13-7-16)33(30,31)28-14-3-5-17(15-28)22-26-27-23(32-22)21(29)25-19-10-8-18(24)9-11-19/h6-13,17H,2-5,14-15H2,1H3,(H,25,29)/t17-/m0/s1. The van der Waals surface area contributed by atoms with Gasteiger partial charge in [-0.15, -0.1) is 10.2 Å². The minimum atomic E-state index is -3.61. The Morgan fingerprint density at radius 3 is 2.58 bits per heavy atom. The van der Waals surface area contributed by atoms with Crippen molar-refractivity contribution < 1.29 is 17.6 Å². The van der Waals surface area contributed by atoms with E-state index in [-0.39, 0.29) is 16.7 Å². The molecule has 0 saturated carbocycles. The number of nitrogens with zero attached hydrogens (tertiary/aromatic N) is 3. The molecule has 174 valence electrons. The van der Waals surface area contributed by atoms with E-state index in [1.54, 1.807) is 12.1 Å². The largest absolute Gasteiger partial charge is 0.320 e. The number of carbonyl (C=O) groups is 1. The lowest BCUT2D eigenvalue weighted by Crippen LogP contribution is -2.39. The number of rotatable bonds is 7. The van der Waals surface area contributed by atoms with Gasteiger partial charge < -0.3 is 5.32 Å². The zero-order valence-corrected chi connectivity index (χ0v) is 19.8. The number of aromatic nitrogens is 2. The first-order valence-corrected chi connectivity index (χ1v) is 13.1. The van der Waals surface area contributed by atoms with Crippen molar-refractivity contribution in [3.8, 4) is 0 Å². The maximum atomic E-state index is 13.2. The van der Waals surface area contributed by atoms with Gasteiger partial charge in [0, 0.05) is 24.7 Å². The van der Waals surface area contributed by atoms with Crippen molar-refractivity contribution in [1.29, 1.82) is 0 Å². The summed E-state index contributed by atoms with van der Waals surface area (Å²) in [4.78, 5) is 12.8. The predicted octanol–water partition coefficient (Wildman–Crippen LogP) is 4.45. The number of hydrogen-bond acceptors (Lipinski definition) is 6. The number of benzene rings is 2. The summed E-state index contributed by atoms with van der Waals surface area (Å²) in [7, 11) is -3.61. The number of carbonyl (C=O) groups excluding carboxylic acids is 1. The van der Waals surface area contributed by atoms with Crippen molar-refractivity contribution in [3.05, 3.63) is 69.9 Å². The van der Waals surface area contributed by atoms with Gasteiger partial charge in [-0.05, 0) is 61.2 Å². The first-order chi connectivity index (χ1) is 15.9. The number of hydrogen-bond donors (Lipinski definition) is 1. The SMILES string of the molecule is CCCc1ccc(S(=O)(=O)N2CCC[C@H](c3nnc(C(=O)Nc4ccc(F)cc4)s3)C2)cc1. The molecule has 10 heteroatoms. The lowest BCUT2D eigenvalue weighted by molar-refractivity contribution is 0.102. The number of amides is 1. The van der Waals surface area contributed by atoms with Crippen molar-refractivity contribution in [2.24, 2.45) is 0 Å². The maximum absolute atomic E-state index is 13.2. The smallest absolute Gasteiger partial charge is 0.286 e. The Labute approximate surface area is 196 Å². The number of piperidine rings is 1. The van der Waals surface area contributed by atoms with Crippen LogP contribution in [0.1, 0.15) is 52.5 Å². The van der Waals surface area contributed by atoms with Gasteiger partial charge in [0.25, 0.3) is 5.91 Å². The molecule has 1 atom stereocenters. The average molecular weight is 489 g/mol. The summed E-state index contributed by atoms with van der Waals surface area (Å²) in [5.74, 6) is -0.949. The van der Waals surface area contributed by atoms with Crippen LogP contribution in [-0.4, -0.2) is 41.9 Å². The van der Waals surface area contributed by atoms with Gasteiger partial charge in [0.1, 0.15) is 10.8 Å².